The van der Waals surface area contributed by atoms with E-state index >= 15 is 0 Å². The van der Waals surface area contributed by atoms with Crippen LogP contribution in [0.15, 0.2) is 60.9 Å². The van der Waals surface area contributed by atoms with Crippen molar-refractivity contribution in [1.82, 2.24) is 9.97 Å². The van der Waals surface area contributed by atoms with Gasteiger partial charge in [0.1, 0.15) is 17.1 Å². The molecule has 1 aliphatic rings. The van der Waals surface area contributed by atoms with Gasteiger partial charge in [-0.15, -0.1) is 0 Å². The first-order valence-electron chi connectivity index (χ1n) is 9.54. The van der Waals surface area contributed by atoms with E-state index in [1.54, 1.807) is 42.6 Å². The number of benzene rings is 2. The van der Waals surface area contributed by atoms with E-state index in [2.05, 4.69) is 15.3 Å². The van der Waals surface area contributed by atoms with Gasteiger partial charge in [-0.1, -0.05) is 17.7 Å². The first kappa shape index (κ1) is 19.8. The maximum absolute atomic E-state index is 11.9. The maximum atomic E-state index is 11.9. The zero-order chi connectivity index (χ0) is 22.2. The summed E-state index contributed by atoms with van der Waals surface area (Å²) in [4.78, 5) is 19.9. The summed E-state index contributed by atoms with van der Waals surface area (Å²) in [7, 11) is 0. The third kappa shape index (κ3) is 3.38. The van der Waals surface area contributed by atoms with Crippen LogP contribution in [0.25, 0.3) is 10.9 Å². The van der Waals surface area contributed by atoms with Gasteiger partial charge >= 0.3 is 0 Å². The van der Waals surface area contributed by atoms with Crippen molar-refractivity contribution in [3.63, 3.8) is 0 Å². The fourth-order valence-corrected chi connectivity index (χ4v) is 3.95. The second-order valence-electron chi connectivity index (χ2n) is 7.01. The summed E-state index contributed by atoms with van der Waals surface area (Å²) in [5, 5.41) is 27.1. The summed E-state index contributed by atoms with van der Waals surface area (Å²) in [6.07, 6.45) is 3.12. The third-order valence-corrected chi connectivity index (χ3v) is 5.46. The van der Waals surface area contributed by atoms with E-state index in [4.69, 9.17) is 21.1 Å². The highest BCUT2D eigenvalue weighted by Crippen LogP contribution is 2.45. The van der Waals surface area contributed by atoms with Gasteiger partial charge in [-0.2, -0.15) is 0 Å². The summed E-state index contributed by atoms with van der Waals surface area (Å²) in [5.41, 5.74) is 0.617. The van der Waals surface area contributed by atoms with Crippen LogP contribution in [0.3, 0.4) is 0 Å². The number of phenolic OH excluding ortho intramolecular Hbond substituents is 1. The molecule has 3 heterocycles. The van der Waals surface area contributed by atoms with Crippen molar-refractivity contribution in [1.29, 1.82) is 0 Å². The molecule has 4 aromatic rings. The maximum Gasteiger partial charge on any atom is 0.279 e. The largest absolute Gasteiger partial charge is 0.505 e. The summed E-state index contributed by atoms with van der Waals surface area (Å²) < 4.78 is 10.8. The Bertz CT molecular complexity index is 1350. The quantitative estimate of drug-likeness (QED) is 0.328. The van der Waals surface area contributed by atoms with E-state index in [9.17, 15) is 15.2 Å². The molecule has 0 saturated heterocycles. The number of ether oxygens (including phenoxy) is 2. The number of nitro benzene ring substituents is 1. The molecule has 160 valence electrons. The highest BCUT2D eigenvalue weighted by atomic mass is 35.5. The molecule has 0 fully saturated rings. The molecule has 0 saturated carbocycles. The third-order valence-electron chi connectivity index (χ3n) is 5.14. The van der Waals surface area contributed by atoms with E-state index in [-0.39, 0.29) is 35.1 Å². The first-order valence-corrected chi connectivity index (χ1v) is 9.92. The zero-order valence-electron chi connectivity index (χ0n) is 16.4. The Morgan fingerprint density at radius 3 is 2.59 bits per heavy atom. The van der Waals surface area contributed by atoms with E-state index in [0.29, 0.717) is 27.5 Å². The molecule has 0 aliphatic carbocycles. The lowest BCUT2D eigenvalue weighted by Crippen LogP contribution is -2.15. The number of halogens is 1. The van der Waals surface area contributed by atoms with Crippen molar-refractivity contribution in [3.05, 3.63) is 87.2 Å². The van der Waals surface area contributed by atoms with E-state index in [1.807, 2.05) is 0 Å². The lowest BCUT2D eigenvalue weighted by molar-refractivity contribution is -0.385. The Balaban J connectivity index is 1.76. The van der Waals surface area contributed by atoms with Crippen LogP contribution in [0.2, 0.25) is 5.02 Å². The standard InChI is InChI=1S/C22H15ClN4O5/c23-15-8-14(22(28)21-12(15)4-3-7-25-21)20(26-19-5-1-2-6-24-19)13-9-17-18(32-11-31-17)10-16(13)27(29)30/h1-10,20,28H,11H2,(H,24,26). The average Bonchev–Trinajstić information content (AvgIpc) is 3.27. The van der Waals surface area contributed by atoms with Gasteiger partial charge in [-0.05, 0) is 36.4 Å². The number of hydrogen-bond acceptors (Lipinski definition) is 8. The molecule has 1 atom stereocenters. The van der Waals surface area contributed by atoms with Crippen molar-refractivity contribution in [2.75, 3.05) is 12.1 Å². The molecule has 2 N–H and O–H groups in total. The molecule has 0 amide bonds. The number of phenols is 1. The van der Waals surface area contributed by atoms with Crippen LogP contribution >= 0.6 is 11.6 Å². The van der Waals surface area contributed by atoms with Gasteiger partial charge in [0.15, 0.2) is 11.5 Å². The molecule has 0 radical (unpaired) electrons. The Hall–Kier alpha value is -4.11. The number of nitrogens with one attached hydrogen (secondary N) is 1. The molecule has 10 heteroatoms. The van der Waals surface area contributed by atoms with Gasteiger partial charge in [0.05, 0.1) is 27.6 Å². The van der Waals surface area contributed by atoms with Crippen LogP contribution in [0, 0.1) is 10.1 Å². The number of rotatable bonds is 5. The van der Waals surface area contributed by atoms with E-state index < -0.39 is 11.0 Å². The number of pyridine rings is 2. The van der Waals surface area contributed by atoms with Crippen LogP contribution in [-0.2, 0) is 0 Å². The highest BCUT2D eigenvalue weighted by Gasteiger charge is 2.31. The molecule has 2 aromatic carbocycles. The van der Waals surface area contributed by atoms with E-state index in [1.165, 1.54) is 18.3 Å². The summed E-state index contributed by atoms with van der Waals surface area (Å²) >= 11 is 6.49. The molecule has 0 bridgehead atoms. The van der Waals surface area contributed by atoms with Crippen molar-refractivity contribution >= 4 is 34.0 Å². The second-order valence-corrected chi connectivity index (χ2v) is 7.42. The molecule has 1 aliphatic heterocycles. The smallest absolute Gasteiger partial charge is 0.279 e. The lowest BCUT2D eigenvalue weighted by Gasteiger charge is -2.22. The Morgan fingerprint density at radius 2 is 1.84 bits per heavy atom. The van der Waals surface area contributed by atoms with Crippen molar-refractivity contribution < 1.29 is 19.5 Å². The van der Waals surface area contributed by atoms with Gasteiger partial charge in [-0.25, -0.2) is 4.98 Å². The fraction of sp³-hybridized carbons (Fsp3) is 0.0909. The number of aromatic hydroxyl groups is 1. The Labute approximate surface area is 186 Å². The lowest BCUT2D eigenvalue weighted by atomic mass is 9.94. The van der Waals surface area contributed by atoms with Gasteiger partial charge in [0.2, 0.25) is 6.79 Å². The molecule has 0 spiro atoms. The van der Waals surface area contributed by atoms with Crippen LogP contribution in [-0.4, -0.2) is 26.8 Å². The molecule has 5 rings (SSSR count). The number of hydrogen-bond donors (Lipinski definition) is 2. The van der Waals surface area contributed by atoms with Gasteiger partial charge in [0.25, 0.3) is 5.69 Å². The SMILES string of the molecule is O=[N+]([O-])c1cc2c(cc1C(Nc1ccccn1)c1cc(Cl)c3cccnc3c1O)OCO2. The van der Waals surface area contributed by atoms with Crippen molar-refractivity contribution in [3.8, 4) is 17.2 Å². The monoisotopic (exact) mass is 450 g/mol. The minimum absolute atomic E-state index is 0.0365. The van der Waals surface area contributed by atoms with Crippen LogP contribution < -0.4 is 14.8 Å². The minimum atomic E-state index is -0.899. The van der Waals surface area contributed by atoms with Crippen LogP contribution in [0.4, 0.5) is 11.5 Å². The molecule has 32 heavy (non-hydrogen) atoms. The predicted octanol–water partition coefficient (Wildman–Crippen LogP) is 4.83. The molecular weight excluding hydrogens is 436 g/mol. The van der Waals surface area contributed by atoms with Gasteiger partial charge < -0.3 is 19.9 Å². The van der Waals surface area contributed by atoms with Gasteiger partial charge in [0, 0.05) is 23.3 Å². The molecular formula is C22H15ClN4O5. The van der Waals surface area contributed by atoms with Crippen LogP contribution in [0.5, 0.6) is 17.2 Å². The predicted molar refractivity (Wildman–Crippen MR) is 117 cm³/mol. The minimum Gasteiger partial charge on any atom is -0.505 e. The molecule has 2 aromatic heterocycles. The molecule has 1 unspecified atom stereocenters. The van der Waals surface area contributed by atoms with E-state index in [0.717, 1.165) is 0 Å². The average molecular weight is 451 g/mol. The van der Waals surface area contributed by atoms with Crippen molar-refractivity contribution in [2.24, 2.45) is 0 Å². The Kier molecular flexibility index (Phi) is 4.87. The number of nitro groups is 1. The fourth-order valence-electron chi connectivity index (χ4n) is 3.68. The number of anilines is 1. The normalized spacial score (nSPS) is 13.2. The summed E-state index contributed by atoms with van der Waals surface area (Å²) in [6, 6.07) is 12.2. The second kappa shape index (κ2) is 7.86. The highest BCUT2D eigenvalue weighted by molar-refractivity contribution is 6.35. The summed E-state index contributed by atoms with van der Waals surface area (Å²) in [5.74, 6) is 0.939. The number of fused-ring (bicyclic) bond motifs is 2. The van der Waals surface area contributed by atoms with Crippen molar-refractivity contribution in [2.45, 2.75) is 6.04 Å². The number of aromatic nitrogens is 2. The van der Waals surface area contributed by atoms with Crippen LogP contribution in [0.1, 0.15) is 17.2 Å². The topological polar surface area (TPSA) is 120 Å². The van der Waals surface area contributed by atoms with Gasteiger partial charge in [-0.3, -0.25) is 15.1 Å². The summed E-state index contributed by atoms with van der Waals surface area (Å²) in [6.45, 7) is -0.0365. The zero-order valence-corrected chi connectivity index (χ0v) is 17.1. The molecule has 9 nitrogen and oxygen atoms in total. The number of nitrogens with zero attached hydrogens (tertiary/aromatic N) is 3. The Morgan fingerprint density at radius 1 is 1.06 bits per heavy atom. The first-order chi connectivity index (χ1) is 15.5.